The maximum Gasteiger partial charge on any atom is 0.276 e. The molecule has 2 aromatic heterocycles. The van der Waals surface area contributed by atoms with Gasteiger partial charge in [-0.05, 0) is 30.5 Å². The van der Waals surface area contributed by atoms with Crippen LogP contribution in [0.2, 0.25) is 10.0 Å². The van der Waals surface area contributed by atoms with Crippen molar-refractivity contribution in [2.24, 2.45) is 0 Å². The average molecular weight is 408 g/mol. The first-order valence-electron chi connectivity index (χ1n) is 8.25. The van der Waals surface area contributed by atoms with E-state index in [4.69, 9.17) is 23.2 Å². The predicted octanol–water partition coefficient (Wildman–Crippen LogP) is 4.05. The molecule has 1 fully saturated rings. The van der Waals surface area contributed by atoms with E-state index in [2.05, 4.69) is 5.10 Å². The van der Waals surface area contributed by atoms with Crippen LogP contribution in [0.4, 0.5) is 0 Å². The van der Waals surface area contributed by atoms with E-state index in [1.807, 2.05) is 11.4 Å². The highest BCUT2D eigenvalue weighted by atomic mass is 35.5. The van der Waals surface area contributed by atoms with Crippen molar-refractivity contribution < 1.29 is 4.79 Å². The van der Waals surface area contributed by atoms with Gasteiger partial charge in [-0.1, -0.05) is 29.3 Å². The highest BCUT2D eigenvalue weighted by Gasteiger charge is 2.20. The summed E-state index contributed by atoms with van der Waals surface area (Å²) in [5.74, 6) is -0.0669. The van der Waals surface area contributed by atoms with Crippen LogP contribution in [-0.4, -0.2) is 33.7 Å². The van der Waals surface area contributed by atoms with Crippen LogP contribution in [0.15, 0.2) is 34.6 Å². The third kappa shape index (κ3) is 3.13. The van der Waals surface area contributed by atoms with E-state index in [0.29, 0.717) is 15.4 Å². The van der Waals surface area contributed by atoms with Gasteiger partial charge >= 0.3 is 0 Å². The van der Waals surface area contributed by atoms with E-state index >= 15 is 0 Å². The Balaban J connectivity index is 1.75. The standard InChI is InChI=1S/C18H15Cl2N3O2S/c19-13-4-3-11(7-14(13)20)12-10-26-15-8-21-23(18(25)17(12)15)9-16(24)22-5-1-2-6-22/h3-4,7-8,10H,1-2,5-6,9H2. The largest absolute Gasteiger partial charge is 0.341 e. The zero-order valence-electron chi connectivity index (χ0n) is 13.7. The molecule has 0 bridgehead atoms. The number of nitrogens with zero attached hydrogens (tertiary/aromatic N) is 3. The van der Waals surface area contributed by atoms with Crippen molar-refractivity contribution in [2.45, 2.75) is 19.4 Å². The number of hydrogen-bond donors (Lipinski definition) is 0. The molecule has 0 radical (unpaired) electrons. The Hall–Kier alpha value is -1.89. The summed E-state index contributed by atoms with van der Waals surface area (Å²) in [5, 5.41) is 7.53. The molecule has 3 aromatic rings. The van der Waals surface area contributed by atoms with E-state index in [-0.39, 0.29) is 18.0 Å². The Morgan fingerprint density at radius 1 is 1.19 bits per heavy atom. The number of fused-ring (bicyclic) bond motifs is 1. The zero-order chi connectivity index (χ0) is 18.3. The van der Waals surface area contributed by atoms with E-state index in [1.54, 1.807) is 23.2 Å². The second kappa shape index (κ2) is 7.02. The van der Waals surface area contributed by atoms with Crippen LogP contribution < -0.4 is 5.56 Å². The first-order valence-corrected chi connectivity index (χ1v) is 9.88. The van der Waals surface area contributed by atoms with Crippen molar-refractivity contribution in [3.05, 3.63) is 50.2 Å². The normalized spacial score (nSPS) is 14.3. The SMILES string of the molecule is O=C(Cn1ncc2scc(-c3ccc(Cl)c(Cl)c3)c2c1=O)N1CCCC1. The second-order valence-corrected chi connectivity index (χ2v) is 7.94. The van der Waals surface area contributed by atoms with Gasteiger partial charge in [0.25, 0.3) is 5.56 Å². The summed E-state index contributed by atoms with van der Waals surface area (Å²) in [7, 11) is 0. The maximum absolute atomic E-state index is 13.0. The predicted molar refractivity (Wildman–Crippen MR) is 105 cm³/mol. The van der Waals surface area contributed by atoms with Crippen molar-refractivity contribution in [1.82, 2.24) is 14.7 Å². The molecule has 134 valence electrons. The lowest BCUT2D eigenvalue weighted by Crippen LogP contribution is -2.35. The monoisotopic (exact) mass is 407 g/mol. The summed E-state index contributed by atoms with van der Waals surface area (Å²) in [4.78, 5) is 27.1. The Labute approximate surface area is 163 Å². The minimum absolute atomic E-state index is 0.0363. The quantitative estimate of drug-likeness (QED) is 0.657. The number of hydrogen-bond acceptors (Lipinski definition) is 4. The molecule has 8 heteroatoms. The summed E-state index contributed by atoms with van der Waals surface area (Å²) in [6, 6.07) is 5.28. The number of rotatable bonds is 3. The van der Waals surface area contributed by atoms with Crippen LogP contribution in [0.25, 0.3) is 21.2 Å². The van der Waals surface area contributed by atoms with E-state index in [0.717, 1.165) is 41.8 Å². The second-order valence-electron chi connectivity index (χ2n) is 6.21. The summed E-state index contributed by atoms with van der Waals surface area (Å²) < 4.78 is 2.03. The lowest BCUT2D eigenvalue weighted by Gasteiger charge is -2.15. The first-order chi connectivity index (χ1) is 12.5. The average Bonchev–Trinajstić information content (AvgIpc) is 3.29. The Morgan fingerprint density at radius 2 is 1.96 bits per heavy atom. The molecule has 0 saturated carbocycles. The molecule has 1 saturated heterocycles. The Kier molecular flexibility index (Phi) is 4.73. The van der Waals surface area contributed by atoms with Gasteiger partial charge in [-0.15, -0.1) is 11.3 Å². The van der Waals surface area contributed by atoms with E-state index < -0.39 is 0 Å². The van der Waals surface area contributed by atoms with Gasteiger partial charge in [0.2, 0.25) is 5.91 Å². The number of likely N-dealkylation sites (tertiary alicyclic amines) is 1. The van der Waals surface area contributed by atoms with Gasteiger partial charge in [0.1, 0.15) is 6.54 Å². The molecule has 0 atom stereocenters. The first kappa shape index (κ1) is 17.5. The van der Waals surface area contributed by atoms with Gasteiger partial charge in [0.05, 0.1) is 26.3 Å². The van der Waals surface area contributed by atoms with Crippen molar-refractivity contribution in [1.29, 1.82) is 0 Å². The van der Waals surface area contributed by atoms with Crippen molar-refractivity contribution in [3.8, 4) is 11.1 Å². The Bertz CT molecular complexity index is 1050. The van der Waals surface area contributed by atoms with Gasteiger partial charge in [0.15, 0.2) is 0 Å². The van der Waals surface area contributed by atoms with Crippen LogP contribution in [-0.2, 0) is 11.3 Å². The zero-order valence-corrected chi connectivity index (χ0v) is 16.1. The molecule has 26 heavy (non-hydrogen) atoms. The molecule has 1 aromatic carbocycles. The number of thiophene rings is 1. The molecule has 1 aliphatic heterocycles. The van der Waals surface area contributed by atoms with Gasteiger partial charge in [-0.25, -0.2) is 4.68 Å². The highest BCUT2D eigenvalue weighted by Crippen LogP contribution is 2.34. The van der Waals surface area contributed by atoms with E-state index in [1.165, 1.54) is 16.0 Å². The summed E-state index contributed by atoms with van der Waals surface area (Å²) >= 11 is 13.5. The third-order valence-electron chi connectivity index (χ3n) is 4.56. The third-order valence-corrected chi connectivity index (χ3v) is 6.21. The fraction of sp³-hybridized carbons (Fsp3) is 0.278. The van der Waals surface area contributed by atoms with Crippen molar-refractivity contribution in [3.63, 3.8) is 0 Å². The minimum Gasteiger partial charge on any atom is -0.341 e. The number of carbonyl (C=O) groups is 1. The van der Waals surface area contributed by atoms with Gasteiger partial charge in [0, 0.05) is 24.0 Å². The molecule has 1 amide bonds. The fourth-order valence-electron chi connectivity index (χ4n) is 3.18. The molecule has 1 aliphatic rings. The van der Waals surface area contributed by atoms with Gasteiger partial charge in [-0.2, -0.15) is 5.10 Å². The molecule has 0 N–H and O–H groups in total. The van der Waals surface area contributed by atoms with Crippen LogP contribution in [0, 0.1) is 0 Å². The number of amides is 1. The fourth-order valence-corrected chi connectivity index (χ4v) is 4.40. The van der Waals surface area contributed by atoms with Crippen molar-refractivity contribution in [2.75, 3.05) is 13.1 Å². The van der Waals surface area contributed by atoms with Crippen LogP contribution in [0.3, 0.4) is 0 Å². The molecule has 0 aliphatic carbocycles. The number of halogens is 2. The van der Waals surface area contributed by atoms with Crippen LogP contribution in [0.1, 0.15) is 12.8 Å². The molecular formula is C18H15Cl2N3O2S. The molecule has 0 unspecified atom stereocenters. The van der Waals surface area contributed by atoms with Gasteiger partial charge in [-0.3, -0.25) is 9.59 Å². The summed E-state index contributed by atoms with van der Waals surface area (Å²) in [6.07, 6.45) is 3.66. The molecule has 3 heterocycles. The minimum atomic E-state index is -0.266. The van der Waals surface area contributed by atoms with Crippen LogP contribution in [0.5, 0.6) is 0 Å². The van der Waals surface area contributed by atoms with E-state index in [9.17, 15) is 9.59 Å². The molecule has 5 nitrogen and oxygen atoms in total. The topological polar surface area (TPSA) is 55.2 Å². The molecule has 4 rings (SSSR count). The van der Waals surface area contributed by atoms with Crippen molar-refractivity contribution >= 4 is 50.5 Å². The number of aromatic nitrogens is 2. The Morgan fingerprint density at radius 3 is 2.69 bits per heavy atom. The summed E-state index contributed by atoms with van der Waals surface area (Å²) in [6.45, 7) is 1.47. The highest BCUT2D eigenvalue weighted by molar-refractivity contribution is 7.17. The lowest BCUT2D eigenvalue weighted by atomic mass is 10.1. The molecular weight excluding hydrogens is 393 g/mol. The maximum atomic E-state index is 13.0. The van der Waals surface area contributed by atoms with Crippen LogP contribution >= 0.6 is 34.5 Å². The number of carbonyl (C=O) groups excluding carboxylic acids is 1. The van der Waals surface area contributed by atoms with Gasteiger partial charge < -0.3 is 4.90 Å². The molecule has 0 spiro atoms. The number of benzene rings is 1. The smallest absolute Gasteiger partial charge is 0.276 e. The summed E-state index contributed by atoms with van der Waals surface area (Å²) in [5.41, 5.74) is 1.32. The lowest BCUT2D eigenvalue weighted by molar-refractivity contribution is -0.131.